The lowest BCUT2D eigenvalue weighted by Crippen LogP contribution is -2.32. The van der Waals surface area contributed by atoms with Crippen LogP contribution in [0.3, 0.4) is 0 Å². The summed E-state index contributed by atoms with van der Waals surface area (Å²) in [5, 5.41) is 5.89. The predicted octanol–water partition coefficient (Wildman–Crippen LogP) is 7.50. The molecule has 0 atom stereocenters. The van der Waals surface area contributed by atoms with Crippen LogP contribution in [0.25, 0.3) is 21.1 Å². The molecule has 0 aliphatic carbocycles. The summed E-state index contributed by atoms with van der Waals surface area (Å²) in [6.45, 7) is 0.570. The summed E-state index contributed by atoms with van der Waals surface area (Å²) in [7, 11) is 1.62. The Kier molecular flexibility index (Phi) is 6.85. The number of aromatic nitrogens is 1. The minimum atomic E-state index is -0.0414. The molecule has 5 aromatic rings. The van der Waals surface area contributed by atoms with Crippen molar-refractivity contribution in [2.45, 2.75) is 6.42 Å². The van der Waals surface area contributed by atoms with Gasteiger partial charge in [-0.15, -0.1) is 22.7 Å². The van der Waals surface area contributed by atoms with E-state index in [4.69, 9.17) is 9.72 Å². The van der Waals surface area contributed by atoms with Crippen LogP contribution in [0.2, 0.25) is 0 Å². The van der Waals surface area contributed by atoms with Crippen molar-refractivity contribution in [1.29, 1.82) is 0 Å². The number of carbonyl (C=O) groups excluding carboxylic acids is 1. The van der Waals surface area contributed by atoms with Crippen LogP contribution < -0.4 is 9.64 Å². The summed E-state index contributed by atoms with van der Waals surface area (Å²) in [5.74, 6) is 0.686. The van der Waals surface area contributed by atoms with E-state index in [1.165, 1.54) is 4.88 Å². The number of anilines is 1. The lowest BCUT2D eigenvalue weighted by Gasteiger charge is -2.22. The van der Waals surface area contributed by atoms with Crippen LogP contribution in [0.4, 0.5) is 5.00 Å². The van der Waals surface area contributed by atoms with Gasteiger partial charge in [0.2, 0.25) is 0 Å². The summed E-state index contributed by atoms with van der Waals surface area (Å²) in [4.78, 5) is 23.0. The molecule has 0 spiro atoms. The average Bonchev–Trinajstić information content (AvgIpc) is 3.67. The highest BCUT2D eigenvalue weighted by Crippen LogP contribution is 2.42. The maximum absolute atomic E-state index is 13.8. The van der Waals surface area contributed by atoms with E-state index >= 15 is 0 Å². The summed E-state index contributed by atoms with van der Waals surface area (Å²) in [6.07, 6.45) is 0.780. The van der Waals surface area contributed by atoms with Crippen LogP contribution in [0.5, 0.6) is 5.75 Å². The zero-order valence-electron chi connectivity index (χ0n) is 18.5. The fraction of sp³-hybridized carbons (Fsp3) is 0.111. The van der Waals surface area contributed by atoms with E-state index in [2.05, 4.69) is 29.6 Å². The molecule has 0 unspecified atom stereocenters. The Bertz CT molecular complexity index is 1340. The van der Waals surface area contributed by atoms with Crippen LogP contribution in [0.15, 0.2) is 89.6 Å². The molecule has 0 radical (unpaired) electrons. The number of amides is 1. The van der Waals surface area contributed by atoms with E-state index in [0.29, 0.717) is 12.1 Å². The van der Waals surface area contributed by atoms with E-state index in [1.807, 2.05) is 64.9 Å². The summed E-state index contributed by atoms with van der Waals surface area (Å²) in [5.41, 5.74) is 2.53. The zero-order chi connectivity index (χ0) is 23.3. The number of hydrogen-bond acceptors (Lipinski definition) is 6. The van der Waals surface area contributed by atoms with E-state index < -0.39 is 0 Å². The highest BCUT2D eigenvalue weighted by atomic mass is 32.1. The lowest BCUT2D eigenvalue weighted by molar-refractivity contribution is 0.0988. The molecule has 0 saturated heterocycles. The van der Waals surface area contributed by atoms with Gasteiger partial charge in [-0.3, -0.25) is 9.69 Å². The van der Waals surface area contributed by atoms with Crippen LogP contribution in [0.1, 0.15) is 15.2 Å². The Morgan fingerprint density at radius 1 is 0.912 bits per heavy atom. The zero-order valence-corrected chi connectivity index (χ0v) is 21.0. The maximum atomic E-state index is 13.8. The molecule has 0 bridgehead atoms. The lowest BCUT2D eigenvalue weighted by atomic mass is 10.1. The fourth-order valence-electron chi connectivity index (χ4n) is 3.63. The SMILES string of the molecule is COc1ccc(C(=O)N(CCc2cccs2)c2sc(-c3ccccc3)nc2-c2cccs2)cc1. The number of benzene rings is 2. The molecule has 3 heterocycles. The molecule has 5 rings (SSSR count). The Morgan fingerprint density at radius 2 is 1.68 bits per heavy atom. The molecule has 7 heteroatoms. The highest BCUT2D eigenvalue weighted by molar-refractivity contribution is 7.20. The highest BCUT2D eigenvalue weighted by Gasteiger charge is 2.26. The van der Waals surface area contributed by atoms with Crippen molar-refractivity contribution in [3.05, 3.63) is 100 Å². The number of carbonyl (C=O) groups is 1. The largest absolute Gasteiger partial charge is 0.497 e. The molecule has 1 amide bonds. The molecule has 0 fully saturated rings. The van der Waals surface area contributed by atoms with Gasteiger partial charge in [-0.05, 0) is 53.6 Å². The molecule has 34 heavy (non-hydrogen) atoms. The van der Waals surface area contributed by atoms with Crippen LogP contribution in [-0.4, -0.2) is 24.5 Å². The first-order valence-corrected chi connectivity index (χ1v) is 13.4. The molecule has 3 aromatic heterocycles. The van der Waals surface area contributed by atoms with Gasteiger partial charge >= 0.3 is 0 Å². The predicted molar refractivity (Wildman–Crippen MR) is 144 cm³/mol. The maximum Gasteiger partial charge on any atom is 0.258 e. The number of thiazole rings is 1. The molecule has 170 valence electrons. The van der Waals surface area contributed by atoms with Gasteiger partial charge in [-0.25, -0.2) is 4.98 Å². The summed E-state index contributed by atoms with van der Waals surface area (Å²) < 4.78 is 5.28. The van der Waals surface area contributed by atoms with Crippen molar-refractivity contribution in [3.63, 3.8) is 0 Å². The Hall–Kier alpha value is -3.26. The number of ether oxygens (including phenoxy) is 1. The van der Waals surface area contributed by atoms with Gasteiger partial charge < -0.3 is 4.74 Å². The van der Waals surface area contributed by atoms with Gasteiger partial charge in [0.05, 0.1) is 12.0 Å². The van der Waals surface area contributed by atoms with Gasteiger partial charge in [0.15, 0.2) is 0 Å². The van der Waals surface area contributed by atoms with Crippen molar-refractivity contribution in [2.24, 2.45) is 0 Å². The first-order chi connectivity index (χ1) is 16.7. The molecule has 4 nitrogen and oxygen atoms in total. The normalized spacial score (nSPS) is 10.9. The van der Waals surface area contributed by atoms with E-state index in [9.17, 15) is 4.79 Å². The van der Waals surface area contributed by atoms with Crippen LogP contribution >= 0.6 is 34.0 Å². The third-order valence-electron chi connectivity index (χ3n) is 5.37. The topological polar surface area (TPSA) is 42.4 Å². The van der Waals surface area contributed by atoms with E-state index in [-0.39, 0.29) is 5.91 Å². The molecule has 0 saturated carbocycles. The van der Waals surface area contributed by atoms with Crippen molar-refractivity contribution < 1.29 is 9.53 Å². The second kappa shape index (κ2) is 10.3. The Balaban J connectivity index is 1.59. The standard InChI is InChI=1S/C27H22N2O2S3/c1-31-21-13-11-20(12-14-21)26(30)29(16-15-22-9-5-17-32-22)27-24(23-10-6-18-33-23)28-25(34-27)19-7-3-2-4-8-19/h2-14,17-18H,15-16H2,1H3. The third kappa shape index (κ3) is 4.82. The molecular formula is C27H22N2O2S3. The molecule has 2 aromatic carbocycles. The van der Waals surface area contributed by atoms with E-state index in [0.717, 1.165) is 38.3 Å². The first-order valence-electron chi connectivity index (χ1n) is 10.8. The number of hydrogen-bond donors (Lipinski definition) is 0. The van der Waals surface area contributed by atoms with Crippen LogP contribution in [-0.2, 0) is 6.42 Å². The first kappa shape index (κ1) is 22.5. The van der Waals surface area contributed by atoms with Crippen molar-refractivity contribution in [2.75, 3.05) is 18.6 Å². The Morgan fingerprint density at radius 3 is 2.35 bits per heavy atom. The quantitative estimate of drug-likeness (QED) is 0.221. The fourth-order valence-corrected chi connectivity index (χ4v) is 6.22. The molecular weight excluding hydrogens is 481 g/mol. The minimum Gasteiger partial charge on any atom is -0.497 e. The minimum absolute atomic E-state index is 0.0414. The number of methoxy groups -OCH3 is 1. The average molecular weight is 503 g/mol. The Labute approximate surface area is 210 Å². The summed E-state index contributed by atoms with van der Waals surface area (Å²) >= 11 is 4.91. The van der Waals surface area contributed by atoms with Crippen LogP contribution in [0, 0.1) is 0 Å². The van der Waals surface area contributed by atoms with Gasteiger partial charge in [-0.2, -0.15) is 0 Å². The molecule has 0 N–H and O–H groups in total. The van der Waals surface area contributed by atoms with E-state index in [1.54, 1.807) is 41.1 Å². The van der Waals surface area contributed by atoms with Gasteiger partial charge in [-0.1, -0.05) is 53.8 Å². The van der Waals surface area contributed by atoms with Crippen molar-refractivity contribution in [3.8, 4) is 26.9 Å². The van der Waals surface area contributed by atoms with Gasteiger partial charge in [0.1, 0.15) is 21.5 Å². The number of thiophene rings is 2. The smallest absolute Gasteiger partial charge is 0.258 e. The monoisotopic (exact) mass is 502 g/mol. The van der Waals surface area contributed by atoms with Gasteiger partial charge in [0, 0.05) is 22.5 Å². The summed E-state index contributed by atoms with van der Waals surface area (Å²) in [6, 6.07) is 25.7. The number of nitrogens with zero attached hydrogens (tertiary/aromatic N) is 2. The number of rotatable bonds is 8. The van der Waals surface area contributed by atoms with Crippen molar-refractivity contribution in [1.82, 2.24) is 4.98 Å². The third-order valence-corrected chi connectivity index (χ3v) is 8.31. The second-order valence-corrected chi connectivity index (χ2v) is 10.5. The second-order valence-electron chi connectivity index (χ2n) is 7.53. The molecule has 0 aliphatic rings. The molecule has 0 aliphatic heterocycles. The van der Waals surface area contributed by atoms with Gasteiger partial charge in [0.25, 0.3) is 5.91 Å². The van der Waals surface area contributed by atoms with Crippen molar-refractivity contribution >= 4 is 44.9 Å².